The van der Waals surface area contributed by atoms with Gasteiger partial charge in [-0.15, -0.1) is 11.3 Å². The summed E-state index contributed by atoms with van der Waals surface area (Å²) in [6.07, 6.45) is 3.23. The van der Waals surface area contributed by atoms with Crippen LogP contribution in [0.15, 0.2) is 46.8 Å². The molecule has 4 rings (SSSR count). The molecule has 1 fully saturated rings. The molecule has 150 valence electrons. The summed E-state index contributed by atoms with van der Waals surface area (Å²) in [6.45, 7) is 1.55. The van der Waals surface area contributed by atoms with Crippen LogP contribution in [0.25, 0.3) is 10.2 Å². The number of fused-ring (bicyclic) bond motifs is 1. The number of carbonyl (C=O) groups is 2. The van der Waals surface area contributed by atoms with Crippen molar-refractivity contribution >= 4 is 62.4 Å². The maximum Gasteiger partial charge on any atom is 0.255 e. The minimum Gasteiger partial charge on any atom is -0.339 e. The molecule has 1 N–H and O–H groups in total. The maximum absolute atomic E-state index is 12.6. The van der Waals surface area contributed by atoms with Gasteiger partial charge in [0.05, 0.1) is 26.6 Å². The van der Waals surface area contributed by atoms with Gasteiger partial charge in [-0.3, -0.25) is 9.59 Å². The molecule has 1 saturated heterocycles. The van der Waals surface area contributed by atoms with E-state index in [0.29, 0.717) is 16.3 Å². The van der Waals surface area contributed by atoms with E-state index in [1.54, 1.807) is 29.5 Å². The fourth-order valence-electron chi connectivity index (χ4n) is 3.27. The van der Waals surface area contributed by atoms with Crippen LogP contribution in [-0.2, 0) is 4.79 Å². The number of piperidine rings is 1. The molecule has 0 bridgehead atoms. The van der Waals surface area contributed by atoms with Crippen LogP contribution in [-0.4, -0.2) is 40.5 Å². The van der Waals surface area contributed by atoms with Crippen molar-refractivity contribution in [1.29, 1.82) is 0 Å². The Morgan fingerprint density at radius 1 is 1.14 bits per heavy atom. The number of amides is 2. The summed E-state index contributed by atoms with van der Waals surface area (Å²) in [5, 5.41) is 3.20. The molecular weight excluding hydrogens is 426 g/mol. The first-order valence-electron chi connectivity index (χ1n) is 9.47. The highest BCUT2D eigenvalue weighted by Gasteiger charge is 2.20. The van der Waals surface area contributed by atoms with E-state index in [2.05, 4.69) is 10.3 Å². The van der Waals surface area contributed by atoms with Gasteiger partial charge in [0.1, 0.15) is 0 Å². The highest BCUT2D eigenvalue weighted by Crippen LogP contribution is 2.29. The predicted octanol–water partition coefficient (Wildman–Crippen LogP) is 5.31. The number of halogens is 1. The Kier molecular flexibility index (Phi) is 6.37. The van der Waals surface area contributed by atoms with Crippen molar-refractivity contribution in [3.63, 3.8) is 0 Å². The van der Waals surface area contributed by atoms with Gasteiger partial charge in [0, 0.05) is 18.8 Å². The molecule has 1 aliphatic heterocycles. The number of thiazole rings is 1. The molecule has 0 atom stereocenters. The normalized spacial score (nSPS) is 14.2. The van der Waals surface area contributed by atoms with Crippen LogP contribution in [0.1, 0.15) is 29.6 Å². The molecule has 8 heteroatoms. The molecule has 0 unspecified atom stereocenters. The third-order valence-corrected chi connectivity index (χ3v) is 7.22. The minimum absolute atomic E-state index is 0.0426. The first-order valence-corrected chi connectivity index (χ1v) is 11.7. The molecule has 5 nitrogen and oxygen atoms in total. The molecule has 3 aromatic rings. The minimum atomic E-state index is -0.138. The van der Waals surface area contributed by atoms with E-state index < -0.39 is 0 Å². The van der Waals surface area contributed by atoms with Gasteiger partial charge in [-0.05, 0) is 49.6 Å². The number of benzene rings is 2. The second-order valence-corrected chi connectivity index (χ2v) is 9.49. The van der Waals surface area contributed by atoms with Crippen molar-refractivity contribution in [2.45, 2.75) is 23.6 Å². The summed E-state index contributed by atoms with van der Waals surface area (Å²) < 4.78 is 1.97. The molecule has 0 saturated carbocycles. The number of para-hydroxylation sites is 1. The lowest BCUT2D eigenvalue weighted by molar-refractivity contribution is -0.113. The van der Waals surface area contributed by atoms with Crippen molar-refractivity contribution in [3.05, 3.63) is 53.1 Å². The number of likely N-dealkylation sites (tertiary alicyclic amines) is 1. The lowest BCUT2D eigenvalue weighted by Gasteiger charge is -2.27. The quantitative estimate of drug-likeness (QED) is 0.541. The van der Waals surface area contributed by atoms with E-state index in [4.69, 9.17) is 11.6 Å². The average molecular weight is 446 g/mol. The highest BCUT2D eigenvalue weighted by atomic mass is 35.5. The van der Waals surface area contributed by atoms with E-state index in [0.717, 1.165) is 46.9 Å². The SMILES string of the molecule is O=C(CSc1nc2ccccc2s1)Nc1ccc(C(=O)N2CCCCC2)c(Cl)c1. The van der Waals surface area contributed by atoms with Crippen LogP contribution < -0.4 is 5.32 Å². The van der Waals surface area contributed by atoms with Crippen LogP contribution in [0.5, 0.6) is 0 Å². The number of rotatable bonds is 5. The number of carbonyl (C=O) groups excluding carboxylic acids is 2. The fraction of sp³-hybridized carbons (Fsp3) is 0.286. The molecule has 2 heterocycles. The van der Waals surface area contributed by atoms with Crippen LogP contribution in [0.3, 0.4) is 0 Å². The molecule has 1 aliphatic rings. The van der Waals surface area contributed by atoms with E-state index in [-0.39, 0.29) is 17.6 Å². The molecule has 0 spiro atoms. The Hall–Kier alpha value is -2.09. The van der Waals surface area contributed by atoms with Gasteiger partial charge in [0.2, 0.25) is 5.91 Å². The molecule has 1 aromatic heterocycles. The van der Waals surface area contributed by atoms with Crippen molar-refractivity contribution in [1.82, 2.24) is 9.88 Å². The Bertz CT molecular complexity index is 1010. The lowest BCUT2D eigenvalue weighted by atomic mass is 10.1. The number of nitrogens with one attached hydrogen (secondary N) is 1. The smallest absolute Gasteiger partial charge is 0.255 e. The van der Waals surface area contributed by atoms with E-state index in [9.17, 15) is 9.59 Å². The van der Waals surface area contributed by atoms with Crippen LogP contribution in [0, 0.1) is 0 Å². The van der Waals surface area contributed by atoms with E-state index >= 15 is 0 Å². The standard InChI is InChI=1S/C21H20ClN3O2S2/c22-16-12-14(8-9-15(16)20(27)25-10-4-1-5-11-25)23-19(26)13-28-21-24-17-6-2-3-7-18(17)29-21/h2-3,6-9,12H,1,4-5,10-11,13H2,(H,23,26). The predicted molar refractivity (Wildman–Crippen MR) is 120 cm³/mol. The van der Waals surface area contributed by atoms with Crippen molar-refractivity contribution in [2.75, 3.05) is 24.2 Å². The zero-order valence-corrected chi connectivity index (χ0v) is 18.1. The second kappa shape index (κ2) is 9.15. The van der Waals surface area contributed by atoms with Gasteiger partial charge < -0.3 is 10.2 Å². The summed E-state index contributed by atoms with van der Waals surface area (Å²) in [6, 6.07) is 13.0. The third-order valence-electron chi connectivity index (χ3n) is 4.73. The Labute approximate surface area is 182 Å². The second-order valence-electron chi connectivity index (χ2n) is 6.83. The van der Waals surface area contributed by atoms with Gasteiger partial charge in [0.25, 0.3) is 5.91 Å². The number of nitrogens with zero attached hydrogens (tertiary/aromatic N) is 2. The van der Waals surface area contributed by atoms with E-state index in [1.165, 1.54) is 11.8 Å². The summed E-state index contributed by atoms with van der Waals surface area (Å²) in [7, 11) is 0. The Morgan fingerprint density at radius 2 is 1.93 bits per heavy atom. The summed E-state index contributed by atoms with van der Waals surface area (Å²) in [5.41, 5.74) is 2.01. The molecule has 2 aromatic carbocycles. The number of thioether (sulfide) groups is 1. The number of aromatic nitrogens is 1. The maximum atomic E-state index is 12.6. The van der Waals surface area contributed by atoms with Gasteiger partial charge in [-0.1, -0.05) is 35.5 Å². The largest absolute Gasteiger partial charge is 0.339 e. The van der Waals surface area contributed by atoms with Gasteiger partial charge in [0.15, 0.2) is 4.34 Å². The molecular formula is C21H20ClN3O2S2. The first-order chi connectivity index (χ1) is 14.1. The van der Waals surface area contributed by atoms with Crippen LogP contribution >= 0.6 is 34.7 Å². The Balaban J connectivity index is 1.35. The molecule has 2 amide bonds. The number of hydrogen-bond donors (Lipinski definition) is 1. The van der Waals surface area contributed by atoms with Crippen molar-refractivity contribution < 1.29 is 9.59 Å². The van der Waals surface area contributed by atoms with Crippen molar-refractivity contribution in [2.24, 2.45) is 0 Å². The van der Waals surface area contributed by atoms with Crippen LogP contribution in [0.4, 0.5) is 5.69 Å². The fourth-order valence-corrected chi connectivity index (χ4v) is 5.40. The first kappa shape index (κ1) is 20.2. The van der Waals surface area contributed by atoms with Gasteiger partial charge in [-0.2, -0.15) is 0 Å². The topological polar surface area (TPSA) is 62.3 Å². The average Bonchev–Trinajstić information content (AvgIpc) is 3.16. The zero-order valence-electron chi connectivity index (χ0n) is 15.7. The Morgan fingerprint density at radius 3 is 2.69 bits per heavy atom. The van der Waals surface area contributed by atoms with Crippen molar-refractivity contribution in [3.8, 4) is 0 Å². The lowest BCUT2D eigenvalue weighted by Crippen LogP contribution is -2.35. The van der Waals surface area contributed by atoms with Gasteiger partial charge in [-0.25, -0.2) is 4.98 Å². The summed E-state index contributed by atoms with van der Waals surface area (Å²) in [4.78, 5) is 31.3. The third kappa shape index (κ3) is 4.91. The zero-order chi connectivity index (χ0) is 20.2. The summed E-state index contributed by atoms with van der Waals surface area (Å²) in [5.74, 6) is 0.0747. The molecule has 0 radical (unpaired) electrons. The van der Waals surface area contributed by atoms with E-state index in [1.807, 2.05) is 29.2 Å². The number of anilines is 1. The monoisotopic (exact) mass is 445 g/mol. The highest BCUT2D eigenvalue weighted by molar-refractivity contribution is 8.01. The molecule has 29 heavy (non-hydrogen) atoms. The molecule has 0 aliphatic carbocycles. The summed E-state index contributed by atoms with van der Waals surface area (Å²) >= 11 is 9.31. The number of hydrogen-bond acceptors (Lipinski definition) is 5. The van der Waals surface area contributed by atoms with Gasteiger partial charge >= 0.3 is 0 Å². The van der Waals surface area contributed by atoms with Crippen LogP contribution in [0.2, 0.25) is 5.02 Å².